The molecule has 0 radical (unpaired) electrons. The van der Waals surface area contributed by atoms with Crippen LogP contribution < -0.4 is 5.32 Å². The average Bonchev–Trinajstić information content (AvgIpc) is 2.65. The second-order valence-corrected chi connectivity index (χ2v) is 7.80. The number of carbonyl (C=O) groups excluding carboxylic acids is 2. The van der Waals surface area contributed by atoms with Gasteiger partial charge in [-0.25, -0.2) is 4.79 Å². The highest BCUT2D eigenvalue weighted by Gasteiger charge is 2.18. The van der Waals surface area contributed by atoms with Crippen molar-refractivity contribution < 1.29 is 18.5 Å². The second-order valence-electron chi connectivity index (χ2n) is 5.31. The number of halogens is 2. The summed E-state index contributed by atoms with van der Waals surface area (Å²) < 4.78 is 17.1. The van der Waals surface area contributed by atoms with Crippen LogP contribution in [0.5, 0.6) is 0 Å². The molecule has 5 nitrogen and oxygen atoms in total. The van der Waals surface area contributed by atoms with Crippen molar-refractivity contribution in [2.24, 2.45) is 0 Å². The van der Waals surface area contributed by atoms with Gasteiger partial charge in [0.25, 0.3) is 5.91 Å². The maximum atomic E-state index is 12.2. The first kappa shape index (κ1) is 20.4. The minimum absolute atomic E-state index is 0.173. The maximum absolute atomic E-state index is 12.2. The molecule has 26 heavy (non-hydrogen) atoms. The Kier molecular flexibility index (Phi) is 7.20. The Morgan fingerprint density at radius 2 is 1.85 bits per heavy atom. The summed E-state index contributed by atoms with van der Waals surface area (Å²) in [5.41, 5.74) is 1.19. The number of ether oxygens (including phenoxy) is 1. The van der Waals surface area contributed by atoms with Crippen molar-refractivity contribution in [1.29, 1.82) is 0 Å². The SMILES string of the molecule is CC[S@](=O)c1ccccc1C(=O)OCC(=O)Nc1c(Cl)ccc(C)c1Cl. The van der Waals surface area contributed by atoms with Crippen LogP contribution >= 0.6 is 23.2 Å². The van der Waals surface area contributed by atoms with E-state index in [2.05, 4.69) is 5.32 Å². The Bertz CT molecular complexity index is 870. The fourth-order valence-corrected chi connectivity index (χ4v) is 3.55. The Morgan fingerprint density at radius 1 is 1.15 bits per heavy atom. The first-order valence-electron chi connectivity index (χ1n) is 7.74. The molecule has 1 atom stereocenters. The fraction of sp³-hybridized carbons (Fsp3) is 0.222. The summed E-state index contributed by atoms with van der Waals surface area (Å²) in [5.74, 6) is -0.935. The third-order valence-corrected chi connectivity index (χ3v) is 5.67. The molecular formula is C18H17Cl2NO4S. The third-order valence-electron chi connectivity index (χ3n) is 3.50. The number of nitrogens with one attached hydrogen (secondary N) is 1. The molecule has 0 bridgehead atoms. The molecule has 0 saturated carbocycles. The van der Waals surface area contributed by atoms with E-state index in [1.54, 1.807) is 44.2 Å². The van der Waals surface area contributed by atoms with Crippen LogP contribution in [-0.2, 0) is 20.3 Å². The van der Waals surface area contributed by atoms with Crippen molar-refractivity contribution >= 4 is 51.6 Å². The fourth-order valence-electron chi connectivity index (χ4n) is 2.14. The van der Waals surface area contributed by atoms with Gasteiger partial charge in [0.1, 0.15) is 0 Å². The topological polar surface area (TPSA) is 72.5 Å². The van der Waals surface area contributed by atoms with Crippen LogP contribution in [0, 0.1) is 6.92 Å². The van der Waals surface area contributed by atoms with Crippen LogP contribution in [-0.4, -0.2) is 28.4 Å². The highest BCUT2D eigenvalue weighted by Crippen LogP contribution is 2.32. The minimum Gasteiger partial charge on any atom is -0.452 e. The Morgan fingerprint density at radius 3 is 2.54 bits per heavy atom. The predicted molar refractivity (Wildman–Crippen MR) is 104 cm³/mol. The van der Waals surface area contributed by atoms with Gasteiger partial charge in [0.05, 0.1) is 37.0 Å². The molecule has 2 rings (SSSR count). The second kappa shape index (κ2) is 9.16. The van der Waals surface area contributed by atoms with E-state index in [9.17, 15) is 13.8 Å². The number of aryl methyl sites for hydroxylation is 1. The van der Waals surface area contributed by atoms with Gasteiger partial charge in [-0.1, -0.05) is 48.3 Å². The molecule has 8 heteroatoms. The van der Waals surface area contributed by atoms with Crippen LogP contribution in [0.1, 0.15) is 22.8 Å². The molecular weight excluding hydrogens is 397 g/mol. The summed E-state index contributed by atoms with van der Waals surface area (Å²) in [7, 11) is -1.31. The number of anilines is 1. The van der Waals surface area contributed by atoms with E-state index in [1.807, 2.05) is 0 Å². The first-order chi connectivity index (χ1) is 12.3. The smallest absolute Gasteiger partial charge is 0.339 e. The van der Waals surface area contributed by atoms with Crippen molar-refractivity contribution in [1.82, 2.24) is 0 Å². The van der Waals surface area contributed by atoms with Crippen molar-refractivity contribution in [2.75, 3.05) is 17.7 Å². The Hall–Kier alpha value is -1.89. The molecule has 2 aromatic rings. The Labute approximate surface area is 164 Å². The monoisotopic (exact) mass is 413 g/mol. The molecule has 0 spiro atoms. The van der Waals surface area contributed by atoms with E-state index in [-0.39, 0.29) is 16.3 Å². The lowest BCUT2D eigenvalue weighted by Gasteiger charge is -2.12. The molecule has 138 valence electrons. The zero-order valence-electron chi connectivity index (χ0n) is 14.2. The van der Waals surface area contributed by atoms with E-state index in [4.69, 9.17) is 27.9 Å². The molecule has 0 saturated heterocycles. The van der Waals surface area contributed by atoms with Gasteiger partial charge < -0.3 is 10.1 Å². The minimum atomic E-state index is -1.31. The summed E-state index contributed by atoms with van der Waals surface area (Å²) in [5, 5.41) is 3.14. The van der Waals surface area contributed by atoms with Gasteiger partial charge in [0.15, 0.2) is 6.61 Å². The molecule has 0 aliphatic carbocycles. The van der Waals surface area contributed by atoms with E-state index in [1.165, 1.54) is 6.07 Å². The predicted octanol–water partition coefficient (Wildman–Crippen LogP) is 4.22. The van der Waals surface area contributed by atoms with Crippen molar-refractivity contribution in [2.45, 2.75) is 18.7 Å². The van der Waals surface area contributed by atoms with E-state index in [0.717, 1.165) is 5.56 Å². The van der Waals surface area contributed by atoms with Crippen LogP contribution in [0.15, 0.2) is 41.3 Å². The standard InChI is InChI=1S/C18H17Cl2NO4S/c1-3-26(24)14-7-5-4-6-12(14)18(23)25-10-15(22)21-17-13(19)9-8-11(2)16(17)20/h4-9H,3,10H2,1-2H3,(H,21,22)/t26-/m0/s1. The van der Waals surface area contributed by atoms with Crippen molar-refractivity contribution in [3.8, 4) is 0 Å². The van der Waals surface area contributed by atoms with Gasteiger partial charge >= 0.3 is 5.97 Å². The van der Waals surface area contributed by atoms with Gasteiger partial charge in [0.2, 0.25) is 0 Å². The van der Waals surface area contributed by atoms with Crippen LogP contribution in [0.3, 0.4) is 0 Å². The quantitative estimate of drug-likeness (QED) is 0.719. The number of hydrogen-bond acceptors (Lipinski definition) is 4. The summed E-state index contributed by atoms with van der Waals surface area (Å²) >= 11 is 12.2. The highest BCUT2D eigenvalue weighted by molar-refractivity contribution is 7.85. The van der Waals surface area contributed by atoms with Crippen LogP contribution in [0.4, 0.5) is 5.69 Å². The summed E-state index contributed by atoms with van der Waals surface area (Å²) in [4.78, 5) is 24.7. The van der Waals surface area contributed by atoms with E-state index >= 15 is 0 Å². The van der Waals surface area contributed by atoms with Gasteiger partial charge in [-0.05, 0) is 30.7 Å². The van der Waals surface area contributed by atoms with Gasteiger partial charge in [-0.3, -0.25) is 9.00 Å². The molecule has 0 unspecified atom stereocenters. The molecule has 0 aliphatic heterocycles. The summed E-state index contributed by atoms with van der Waals surface area (Å²) in [6, 6.07) is 9.78. The van der Waals surface area contributed by atoms with Gasteiger partial charge in [-0.15, -0.1) is 0 Å². The highest BCUT2D eigenvalue weighted by atomic mass is 35.5. The zero-order valence-corrected chi connectivity index (χ0v) is 16.5. The number of esters is 1. The first-order valence-corrected chi connectivity index (χ1v) is 9.81. The molecule has 2 aromatic carbocycles. The summed E-state index contributed by atoms with van der Waals surface area (Å²) in [6.07, 6.45) is 0. The zero-order chi connectivity index (χ0) is 19.3. The average molecular weight is 414 g/mol. The van der Waals surface area contributed by atoms with Crippen molar-refractivity contribution in [3.63, 3.8) is 0 Å². The number of benzene rings is 2. The van der Waals surface area contributed by atoms with Gasteiger partial charge in [-0.2, -0.15) is 0 Å². The van der Waals surface area contributed by atoms with Crippen LogP contribution in [0.2, 0.25) is 10.0 Å². The molecule has 0 fully saturated rings. The molecule has 0 heterocycles. The number of rotatable bonds is 6. The number of amides is 1. The largest absolute Gasteiger partial charge is 0.452 e. The molecule has 0 aliphatic rings. The van der Waals surface area contributed by atoms with Crippen molar-refractivity contribution in [3.05, 3.63) is 57.6 Å². The third kappa shape index (κ3) is 4.84. The number of carbonyl (C=O) groups is 2. The summed E-state index contributed by atoms with van der Waals surface area (Å²) in [6.45, 7) is 3.01. The number of hydrogen-bond donors (Lipinski definition) is 1. The van der Waals surface area contributed by atoms with E-state index in [0.29, 0.717) is 15.7 Å². The Balaban J connectivity index is 2.06. The van der Waals surface area contributed by atoms with Gasteiger partial charge in [0, 0.05) is 5.75 Å². The lowest BCUT2D eigenvalue weighted by atomic mass is 10.2. The van der Waals surface area contributed by atoms with E-state index < -0.39 is 29.3 Å². The molecule has 1 N–H and O–H groups in total. The normalized spacial score (nSPS) is 11.7. The maximum Gasteiger partial charge on any atom is 0.339 e. The lowest BCUT2D eigenvalue weighted by Crippen LogP contribution is -2.22. The lowest BCUT2D eigenvalue weighted by molar-refractivity contribution is -0.119. The molecule has 0 aromatic heterocycles. The molecule has 1 amide bonds. The van der Waals surface area contributed by atoms with Crippen LogP contribution in [0.25, 0.3) is 0 Å².